The van der Waals surface area contributed by atoms with Gasteiger partial charge in [0.25, 0.3) is 0 Å². The highest BCUT2D eigenvalue weighted by Gasteiger charge is 2.17. The summed E-state index contributed by atoms with van der Waals surface area (Å²) in [5, 5.41) is 4.14. The van der Waals surface area contributed by atoms with Crippen LogP contribution in [-0.2, 0) is 0 Å². The maximum absolute atomic E-state index is 6.38. The summed E-state index contributed by atoms with van der Waals surface area (Å²) in [6, 6.07) is 12.5. The van der Waals surface area contributed by atoms with Crippen molar-refractivity contribution < 1.29 is 0 Å². The van der Waals surface area contributed by atoms with Crippen LogP contribution in [0.1, 0.15) is 28.3 Å². The summed E-state index contributed by atoms with van der Waals surface area (Å²) in [5.41, 5.74) is 4.97. The second-order valence-corrected chi connectivity index (χ2v) is 6.00. The monoisotopic (exact) mass is 337 g/mol. The largest absolute Gasteiger partial charge is 0.309 e. The van der Waals surface area contributed by atoms with Crippen LogP contribution >= 0.6 is 27.5 Å². The number of hydrogen-bond acceptors (Lipinski definition) is 1. The Labute approximate surface area is 128 Å². The first kappa shape index (κ1) is 14.6. The van der Waals surface area contributed by atoms with E-state index in [-0.39, 0.29) is 6.04 Å². The van der Waals surface area contributed by atoms with Crippen molar-refractivity contribution in [3.63, 3.8) is 0 Å². The molecule has 0 spiro atoms. The molecule has 0 radical (unpaired) electrons. The summed E-state index contributed by atoms with van der Waals surface area (Å²) < 4.78 is 0.997. The molecule has 19 heavy (non-hydrogen) atoms. The molecule has 100 valence electrons. The number of benzene rings is 2. The molecule has 3 heteroatoms. The maximum atomic E-state index is 6.38. The topological polar surface area (TPSA) is 12.0 Å². The molecule has 0 aliphatic heterocycles. The van der Waals surface area contributed by atoms with E-state index in [9.17, 15) is 0 Å². The van der Waals surface area contributed by atoms with Gasteiger partial charge in [-0.3, -0.25) is 0 Å². The number of halogens is 2. The lowest BCUT2D eigenvalue weighted by Crippen LogP contribution is -2.19. The molecule has 0 heterocycles. The average molecular weight is 339 g/mol. The van der Waals surface area contributed by atoms with E-state index in [0.717, 1.165) is 15.1 Å². The molecule has 1 nitrogen and oxygen atoms in total. The van der Waals surface area contributed by atoms with Gasteiger partial charge in [-0.15, -0.1) is 0 Å². The lowest BCUT2D eigenvalue weighted by Gasteiger charge is -2.21. The van der Waals surface area contributed by atoms with Crippen LogP contribution in [0.2, 0.25) is 5.02 Å². The zero-order valence-electron chi connectivity index (χ0n) is 11.3. The molecular formula is C16H17BrClN. The Kier molecular flexibility index (Phi) is 4.67. The zero-order valence-corrected chi connectivity index (χ0v) is 13.6. The third-order valence-electron chi connectivity index (χ3n) is 3.52. The quantitative estimate of drug-likeness (QED) is 0.828. The number of nitrogens with one attached hydrogen (secondary N) is 1. The lowest BCUT2D eigenvalue weighted by molar-refractivity contribution is 0.687. The predicted octanol–water partition coefficient (Wildman–Crippen LogP) is 5.03. The molecule has 0 aromatic heterocycles. The van der Waals surface area contributed by atoms with Gasteiger partial charge in [-0.1, -0.05) is 51.8 Å². The third kappa shape index (κ3) is 3.02. The predicted molar refractivity (Wildman–Crippen MR) is 86.0 cm³/mol. The van der Waals surface area contributed by atoms with Crippen LogP contribution in [-0.4, -0.2) is 7.05 Å². The van der Waals surface area contributed by atoms with Gasteiger partial charge in [0, 0.05) is 9.50 Å². The van der Waals surface area contributed by atoms with E-state index in [0.29, 0.717) is 0 Å². The first-order chi connectivity index (χ1) is 9.04. The van der Waals surface area contributed by atoms with E-state index < -0.39 is 0 Å². The molecule has 0 aliphatic carbocycles. The Hall–Kier alpha value is -0.830. The Morgan fingerprint density at radius 3 is 2.47 bits per heavy atom. The Balaban J connectivity index is 2.53. The van der Waals surface area contributed by atoms with Crippen molar-refractivity contribution >= 4 is 27.5 Å². The van der Waals surface area contributed by atoms with Crippen LogP contribution < -0.4 is 5.32 Å². The van der Waals surface area contributed by atoms with Crippen molar-refractivity contribution in [2.75, 3.05) is 7.05 Å². The van der Waals surface area contributed by atoms with Crippen molar-refractivity contribution in [3.05, 3.63) is 68.1 Å². The van der Waals surface area contributed by atoms with Crippen LogP contribution in [0.4, 0.5) is 0 Å². The van der Waals surface area contributed by atoms with E-state index in [1.165, 1.54) is 16.7 Å². The van der Waals surface area contributed by atoms with Crippen molar-refractivity contribution in [1.82, 2.24) is 5.32 Å². The smallest absolute Gasteiger partial charge is 0.0591 e. The van der Waals surface area contributed by atoms with E-state index in [4.69, 9.17) is 11.6 Å². The summed E-state index contributed by atoms with van der Waals surface area (Å²) in [7, 11) is 1.96. The van der Waals surface area contributed by atoms with Crippen molar-refractivity contribution in [3.8, 4) is 0 Å². The maximum Gasteiger partial charge on any atom is 0.0591 e. The summed E-state index contributed by atoms with van der Waals surface area (Å²) >= 11 is 9.82. The Bertz CT molecular complexity index is 595. The molecule has 1 N–H and O–H groups in total. The highest BCUT2D eigenvalue weighted by molar-refractivity contribution is 9.10. The van der Waals surface area contributed by atoms with Gasteiger partial charge in [-0.05, 0) is 55.3 Å². The van der Waals surface area contributed by atoms with Crippen molar-refractivity contribution in [1.29, 1.82) is 0 Å². The molecule has 1 unspecified atom stereocenters. The average Bonchev–Trinajstić information content (AvgIpc) is 2.37. The van der Waals surface area contributed by atoms with Crippen LogP contribution in [0, 0.1) is 13.8 Å². The molecule has 2 rings (SSSR count). The molecule has 2 aromatic carbocycles. The fraction of sp³-hybridized carbons (Fsp3) is 0.250. The van der Waals surface area contributed by atoms with Gasteiger partial charge in [-0.2, -0.15) is 0 Å². The van der Waals surface area contributed by atoms with Gasteiger partial charge >= 0.3 is 0 Å². The van der Waals surface area contributed by atoms with Gasteiger partial charge in [0.1, 0.15) is 0 Å². The summed E-state index contributed by atoms with van der Waals surface area (Å²) in [6.07, 6.45) is 0. The molecule has 1 atom stereocenters. The fourth-order valence-corrected chi connectivity index (χ4v) is 3.08. The standard InChI is InChI=1S/C16H17BrClN/c1-10-5-4-6-13(11(10)2)16(19-3)14-8-7-12(17)9-15(14)18/h4-9,16,19H,1-3H3. The SMILES string of the molecule is CNC(c1ccc(Br)cc1Cl)c1cccc(C)c1C. The van der Waals surface area contributed by atoms with E-state index >= 15 is 0 Å². The number of aryl methyl sites for hydroxylation is 1. The van der Waals surface area contributed by atoms with Crippen molar-refractivity contribution in [2.45, 2.75) is 19.9 Å². The molecule has 2 aromatic rings. The Morgan fingerprint density at radius 1 is 1.11 bits per heavy atom. The minimum Gasteiger partial charge on any atom is -0.309 e. The highest BCUT2D eigenvalue weighted by atomic mass is 79.9. The second-order valence-electron chi connectivity index (χ2n) is 4.68. The van der Waals surface area contributed by atoms with Gasteiger partial charge < -0.3 is 5.32 Å². The van der Waals surface area contributed by atoms with Gasteiger partial charge in [0.15, 0.2) is 0 Å². The second kappa shape index (κ2) is 6.08. The summed E-state index contributed by atoms with van der Waals surface area (Å²) in [4.78, 5) is 0. The molecule has 0 aliphatic rings. The summed E-state index contributed by atoms with van der Waals surface area (Å²) in [5.74, 6) is 0. The number of hydrogen-bond donors (Lipinski definition) is 1. The molecule has 0 saturated carbocycles. The Morgan fingerprint density at radius 2 is 1.84 bits per heavy atom. The first-order valence-electron chi connectivity index (χ1n) is 6.23. The number of rotatable bonds is 3. The van der Waals surface area contributed by atoms with Crippen LogP contribution in [0.5, 0.6) is 0 Å². The van der Waals surface area contributed by atoms with Crippen LogP contribution in [0.3, 0.4) is 0 Å². The molecular weight excluding hydrogens is 322 g/mol. The molecule has 0 saturated heterocycles. The van der Waals surface area contributed by atoms with E-state index in [1.807, 2.05) is 19.2 Å². The van der Waals surface area contributed by atoms with Crippen molar-refractivity contribution in [2.24, 2.45) is 0 Å². The first-order valence-corrected chi connectivity index (χ1v) is 7.40. The van der Waals surface area contributed by atoms with Crippen LogP contribution in [0.15, 0.2) is 40.9 Å². The fourth-order valence-electron chi connectivity index (χ4n) is 2.30. The third-order valence-corrected chi connectivity index (χ3v) is 4.34. The minimum absolute atomic E-state index is 0.112. The normalized spacial score (nSPS) is 12.5. The summed E-state index contributed by atoms with van der Waals surface area (Å²) in [6.45, 7) is 4.29. The molecule has 0 fully saturated rings. The van der Waals surface area contributed by atoms with Gasteiger partial charge in [0.05, 0.1) is 6.04 Å². The van der Waals surface area contributed by atoms with Crippen LogP contribution in [0.25, 0.3) is 0 Å². The molecule has 0 amide bonds. The highest BCUT2D eigenvalue weighted by Crippen LogP contribution is 2.32. The van der Waals surface area contributed by atoms with Gasteiger partial charge in [-0.25, -0.2) is 0 Å². The van der Waals surface area contributed by atoms with E-state index in [1.54, 1.807) is 0 Å². The molecule has 0 bridgehead atoms. The zero-order chi connectivity index (χ0) is 14.0. The van der Waals surface area contributed by atoms with Gasteiger partial charge in [0.2, 0.25) is 0 Å². The minimum atomic E-state index is 0.112. The van der Waals surface area contributed by atoms with E-state index in [2.05, 4.69) is 59.4 Å². The lowest BCUT2D eigenvalue weighted by atomic mass is 9.93.